The third-order valence-corrected chi connectivity index (χ3v) is 8.21. The zero-order valence-electron chi connectivity index (χ0n) is 17.0. The first-order chi connectivity index (χ1) is 14.5. The van der Waals surface area contributed by atoms with E-state index in [9.17, 15) is 13.2 Å². The molecule has 0 atom stereocenters. The number of carbonyl (C=O) groups is 1. The highest BCUT2D eigenvalue weighted by Gasteiger charge is 2.26. The monoisotopic (exact) mass is 450 g/mol. The van der Waals surface area contributed by atoms with Gasteiger partial charge in [-0.05, 0) is 37.2 Å². The number of benzene rings is 1. The molecule has 0 aliphatic carbocycles. The van der Waals surface area contributed by atoms with Crippen molar-refractivity contribution in [1.29, 1.82) is 0 Å². The molecule has 0 saturated carbocycles. The summed E-state index contributed by atoms with van der Waals surface area (Å²) in [5.41, 5.74) is 1.46. The van der Waals surface area contributed by atoms with Gasteiger partial charge in [0.1, 0.15) is 0 Å². The number of nitrogens with one attached hydrogen (secondary N) is 1. The van der Waals surface area contributed by atoms with E-state index in [1.165, 1.54) is 32.7 Å². The van der Waals surface area contributed by atoms with E-state index in [0.717, 1.165) is 38.2 Å². The standard InChI is InChI=1S/C20H26N4O4S2/c1-2-8-23-9-7-17-18(14-23)29-20(21-17)22-19(25)15-3-5-16(6-4-15)30(26,27)24-10-12-28-13-11-24/h3-6H,2,7-14H2,1H3,(H,21,22,25). The molecule has 1 N–H and O–H groups in total. The number of thiazole rings is 1. The van der Waals surface area contributed by atoms with Gasteiger partial charge in [0.05, 0.1) is 23.8 Å². The Morgan fingerprint density at radius 2 is 1.93 bits per heavy atom. The summed E-state index contributed by atoms with van der Waals surface area (Å²) < 4.78 is 32.0. The molecule has 1 aromatic heterocycles. The molecule has 0 bridgehead atoms. The van der Waals surface area contributed by atoms with Crippen molar-refractivity contribution in [2.45, 2.75) is 31.2 Å². The van der Waals surface area contributed by atoms with Crippen LogP contribution in [0.25, 0.3) is 0 Å². The third-order valence-electron chi connectivity index (χ3n) is 5.29. The molecule has 1 saturated heterocycles. The van der Waals surface area contributed by atoms with Crippen molar-refractivity contribution in [2.75, 3.05) is 44.7 Å². The van der Waals surface area contributed by atoms with E-state index < -0.39 is 10.0 Å². The molecule has 8 nitrogen and oxygen atoms in total. The smallest absolute Gasteiger partial charge is 0.257 e. The van der Waals surface area contributed by atoms with Gasteiger partial charge >= 0.3 is 0 Å². The van der Waals surface area contributed by atoms with Crippen LogP contribution in [0.3, 0.4) is 0 Å². The molecule has 0 unspecified atom stereocenters. The summed E-state index contributed by atoms with van der Waals surface area (Å²) in [5, 5.41) is 3.45. The molecule has 30 heavy (non-hydrogen) atoms. The molecule has 10 heteroatoms. The van der Waals surface area contributed by atoms with Crippen molar-refractivity contribution < 1.29 is 17.9 Å². The van der Waals surface area contributed by atoms with Crippen LogP contribution in [0.4, 0.5) is 5.13 Å². The first-order valence-electron chi connectivity index (χ1n) is 10.2. The van der Waals surface area contributed by atoms with Crippen LogP contribution in [0.1, 0.15) is 34.3 Å². The summed E-state index contributed by atoms with van der Waals surface area (Å²) >= 11 is 1.52. The van der Waals surface area contributed by atoms with Crippen molar-refractivity contribution in [3.63, 3.8) is 0 Å². The lowest BCUT2D eigenvalue weighted by Gasteiger charge is -2.26. The lowest BCUT2D eigenvalue weighted by molar-refractivity contribution is 0.0730. The van der Waals surface area contributed by atoms with E-state index in [1.54, 1.807) is 12.1 Å². The summed E-state index contributed by atoms with van der Waals surface area (Å²) in [7, 11) is -3.57. The fraction of sp³-hybridized carbons (Fsp3) is 0.500. The van der Waals surface area contributed by atoms with Crippen LogP contribution >= 0.6 is 11.3 Å². The van der Waals surface area contributed by atoms with Crippen LogP contribution < -0.4 is 5.32 Å². The Kier molecular flexibility index (Phi) is 6.49. The molecule has 1 amide bonds. The van der Waals surface area contributed by atoms with Gasteiger partial charge in [-0.2, -0.15) is 4.31 Å². The Labute approximate surface area is 180 Å². The second kappa shape index (κ2) is 9.11. The summed E-state index contributed by atoms with van der Waals surface area (Å²) in [6.45, 7) is 6.59. The first kappa shape index (κ1) is 21.4. The molecule has 2 aliphatic heterocycles. The van der Waals surface area contributed by atoms with Crippen LogP contribution in [0.15, 0.2) is 29.2 Å². The SMILES string of the molecule is CCCN1CCc2nc(NC(=O)c3ccc(S(=O)(=O)N4CCOCC4)cc3)sc2C1. The average Bonchev–Trinajstić information content (AvgIpc) is 3.16. The predicted octanol–water partition coefficient (Wildman–Crippen LogP) is 2.18. The molecule has 2 aliphatic rings. The highest BCUT2D eigenvalue weighted by Crippen LogP contribution is 2.28. The van der Waals surface area contributed by atoms with Crippen LogP contribution in [-0.2, 0) is 27.7 Å². The second-order valence-electron chi connectivity index (χ2n) is 7.41. The first-order valence-corrected chi connectivity index (χ1v) is 12.4. The van der Waals surface area contributed by atoms with E-state index in [2.05, 4.69) is 22.1 Å². The normalized spacial score (nSPS) is 18.2. The Balaban J connectivity index is 1.42. The molecular weight excluding hydrogens is 424 g/mol. The number of ether oxygens (including phenoxy) is 1. The van der Waals surface area contributed by atoms with E-state index in [4.69, 9.17) is 4.74 Å². The second-order valence-corrected chi connectivity index (χ2v) is 10.4. The highest BCUT2D eigenvalue weighted by molar-refractivity contribution is 7.89. The number of fused-ring (bicyclic) bond motifs is 1. The molecule has 1 fully saturated rings. The number of amides is 1. The number of rotatable bonds is 6. The molecule has 3 heterocycles. The summed E-state index contributed by atoms with van der Waals surface area (Å²) in [4.78, 5) is 21.0. The molecule has 0 spiro atoms. The average molecular weight is 451 g/mol. The van der Waals surface area contributed by atoms with Gasteiger partial charge in [0.15, 0.2) is 5.13 Å². The van der Waals surface area contributed by atoms with Gasteiger partial charge in [-0.1, -0.05) is 6.92 Å². The largest absolute Gasteiger partial charge is 0.379 e. The zero-order valence-corrected chi connectivity index (χ0v) is 18.6. The van der Waals surface area contributed by atoms with Crippen molar-refractivity contribution in [2.24, 2.45) is 0 Å². The molecule has 4 rings (SSSR count). The number of sulfonamides is 1. The number of anilines is 1. The number of nitrogens with zero attached hydrogens (tertiary/aromatic N) is 3. The zero-order chi connectivity index (χ0) is 21.1. The minimum absolute atomic E-state index is 0.182. The number of aromatic nitrogens is 1. The number of hydrogen-bond acceptors (Lipinski definition) is 7. The minimum atomic E-state index is -3.57. The maximum Gasteiger partial charge on any atom is 0.257 e. The van der Waals surface area contributed by atoms with E-state index >= 15 is 0 Å². The molecule has 0 radical (unpaired) electrons. The predicted molar refractivity (Wildman–Crippen MR) is 115 cm³/mol. The third kappa shape index (κ3) is 4.57. The summed E-state index contributed by atoms with van der Waals surface area (Å²) in [6.07, 6.45) is 2.02. The Morgan fingerprint density at radius 1 is 1.20 bits per heavy atom. The molecule has 2 aromatic rings. The van der Waals surface area contributed by atoms with Gasteiger partial charge in [-0.3, -0.25) is 15.0 Å². The number of carbonyl (C=O) groups excluding carboxylic acids is 1. The van der Waals surface area contributed by atoms with Crippen LogP contribution in [0, 0.1) is 0 Å². The van der Waals surface area contributed by atoms with Gasteiger partial charge in [-0.25, -0.2) is 13.4 Å². The van der Waals surface area contributed by atoms with Crippen molar-refractivity contribution in [1.82, 2.24) is 14.2 Å². The van der Waals surface area contributed by atoms with Crippen LogP contribution in [0.2, 0.25) is 0 Å². The highest BCUT2D eigenvalue weighted by atomic mass is 32.2. The van der Waals surface area contributed by atoms with Gasteiger partial charge < -0.3 is 4.74 Å². The van der Waals surface area contributed by atoms with Crippen molar-refractivity contribution in [3.8, 4) is 0 Å². The number of morpholine rings is 1. The fourth-order valence-electron chi connectivity index (χ4n) is 3.69. The minimum Gasteiger partial charge on any atom is -0.379 e. The van der Waals surface area contributed by atoms with E-state index in [0.29, 0.717) is 37.0 Å². The molecule has 1 aromatic carbocycles. The Bertz CT molecular complexity index is 998. The van der Waals surface area contributed by atoms with Crippen molar-refractivity contribution >= 4 is 32.4 Å². The van der Waals surface area contributed by atoms with Crippen molar-refractivity contribution in [3.05, 3.63) is 40.4 Å². The van der Waals surface area contributed by atoms with Gasteiger partial charge in [0.25, 0.3) is 5.91 Å². The Hall–Kier alpha value is -1.85. The number of hydrogen-bond donors (Lipinski definition) is 1. The van der Waals surface area contributed by atoms with Crippen LogP contribution in [-0.4, -0.2) is 67.9 Å². The summed E-state index contributed by atoms with van der Waals surface area (Å²) in [6, 6.07) is 6.04. The molecular formula is C20H26N4O4S2. The van der Waals surface area contributed by atoms with Gasteiger partial charge in [0, 0.05) is 43.0 Å². The lowest BCUT2D eigenvalue weighted by atomic mass is 10.2. The van der Waals surface area contributed by atoms with Gasteiger partial charge in [-0.15, -0.1) is 11.3 Å². The van der Waals surface area contributed by atoms with Crippen LogP contribution in [0.5, 0.6) is 0 Å². The summed E-state index contributed by atoms with van der Waals surface area (Å²) in [5.74, 6) is -0.290. The quantitative estimate of drug-likeness (QED) is 0.725. The topological polar surface area (TPSA) is 91.8 Å². The Morgan fingerprint density at radius 3 is 2.63 bits per heavy atom. The fourth-order valence-corrected chi connectivity index (χ4v) is 6.15. The maximum absolute atomic E-state index is 12.7. The maximum atomic E-state index is 12.7. The van der Waals surface area contributed by atoms with E-state index in [-0.39, 0.29) is 10.8 Å². The lowest BCUT2D eigenvalue weighted by Crippen LogP contribution is -2.40. The molecule has 162 valence electrons. The van der Waals surface area contributed by atoms with Gasteiger partial charge in [0.2, 0.25) is 10.0 Å². The van der Waals surface area contributed by atoms with E-state index in [1.807, 2.05) is 0 Å².